The predicted octanol–water partition coefficient (Wildman–Crippen LogP) is 11.4. The largest absolute Gasteiger partial charge is 0.457 e. The van der Waals surface area contributed by atoms with Crippen LogP contribution >= 0.6 is 0 Å². The molecule has 0 spiro atoms. The Balaban J connectivity index is 1.32. The summed E-state index contributed by atoms with van der Waals surface area (Å²) < 4.78 is 13.0. The maximum Gasteiger partial charge on any atom is 0.131 e. The van der Waals surface area contributed by atoms with Crippen LogP contribution in [0, 0.1) is 0 Å². The Labute approximate surface area is 290 Å². The molecule has 0 saturated carbocycles. The number of ether oxygens (including phenoxy) is 2. The summed E-state index contributed by atoms with van der Waals surface area (Å²) in [5.41, 5.74) is 22.5. The Morgan fingerprint density at radius 3 is 1.18 bits per heavy atom. The van der Waals surface area contributed by atoms with Crippen molar-refractivity contribution in [3.8, 4) is 34.1 Å². The number of rotatable bonds is 6. The highest BCUT2D eigenvalue weighted by Gasteiger charge is 2.46. The predicted molar refractivity (Wildman–Crippen MR) is 203 cm³/mol. The molecule has 0 saturated heterocycles. The summed E-state index contributed by atoms with van der Waals surface area (Å²) in [4.78, 5) is 0. The van der Waals surface area contributed by atoms with Crippen LogP contribution in [-0.2, 0) is 16.2 Å². The van der Waals surface area contributed by atoms with E-state index in [1.165, 1.54) is 22.3 Å². The average molecular weight is 645 g/mol. The Kier molecular flexibility index (Phi) is 7.79. The maximum absolute atomic E-state index is 6.52. The molecule has 7 rings (SSSR count). The van der Waals surface area contributed by atoms with Crippen molar-refractivity contribution >= 4 is 11.4 Å². The molecular weight excluding hydrogens is 601 g/mol. The van der Waals surface area contributed by atoms with Gasteiger partial charge in [-0.2, -0.15) is 0 Å². The number of benzene rings is 6. The zero-order valence-corrected chi connectivity index (χ0v) is 29.2. The van der Waals surface area contributed by atoms with Crippen molar-refractivity contribution in [2.24, 2.45) is 0 Å². The van der Waals surface area contributed by atoms with Crippen molar-refractivity contribution in [3.63, 3.8) is 0 Å². The van der Waals surface area contributed by atoms with Crippen LogP contribution in [-0.4, -0.2) is 0 Å². The van der Waals surface area contributed by atoms with E-state index >= 15 is 0 Å². The minimum atomic E-state index is -0.542. The third-order valence-electron chi connectivity index (χ3n) is 9.61. The Morgan fingerprint density at radius 1 is 0.449 bits per heavy atom. The quantitative estimate of drug-likeness (QED) is 0.177. The van der Waals surface area contributed by atoms with Crippen molar-refractivity contribution in [2.45, 2.75) is 57.8 Å². The molecule has 1 aliphatic rings. The molecule has 49 heavy (non-hydrogen) atoms. The summed E-state index contributed by atoms with van der Waals surface area (Å²) in [5, 5.41) is 0. The van der Waals surface area contributed by atoms with Crippen LogP contribution in [0.3, 0.4) is 0 Å². The van der Waals surface area contributed by atoms with E-state index in [1.807, 2.05) is 36.4 Å². The van der Waals surface area contributed by atoms with Gasteiger partial charge in [0.1, 0.15) is 23.0 Å². The standard InChI is InChI=1S/C45H44N2O2/c1-43(2,3)39-27-31(46)19-25-41(39)48-33-21-15-29(16-22-33)45(37-13-9-7-11-35(37)36-12-8-10-14-38(36)45)30-17-23-34(24-18-30)49-42-26-20-32(47)28-40(42)44(4,5)6/h7-28H,46-47H2,1-6H3. The van der Waals surface area contributed by atoms with Gasteiger partial charge in [-0.3, -0.25) is 0 Å². The fourth-order valence-corrected chi connectivity index (χ4v) is 7.27. The van der Waals surface area contributed by atoms with Gasteiger partial charge in [-0.1, -0.05) is 114 Å². The van der Waals surface area contributed by atoms with E-state index < -0.39 is 5.41 Å². The molecule has 0 radical (unpaired) electrons. The summed E-state index contributed by atoms with van der Waals surface area (Å²) in [6, 6.07) is 46.4. The number of anilines is 2. The maximum atomic E-state index is 6.52. The lowest BCUT2D eigenvalue weighted by molar-refractivity contribution is 0.455. The molecule has 246 valence electrons. The van der Waals surface area contributed by atoms with Crippen LogP contribution < -0.4 is 20.9 Å². The SMILES string of the molecule is CC(C)(C)c1cc(N)ccc1Oc1ccc(C2(c3ccc(Oc4ccc(N)cc4C(C)(C)C)cc3)c3ccccc3-c3ccccc32)cc1. The van der Waals surface area contributed by atoms with Gasteiger partial charge in [0, 0.05) is 22.5 Å². The van der Waals surface area contributed by atoms with E-state index in [1.54, 1.807) is 0 Å². The second-order valence-corrected chi connectivity index (χ2v) is 15.1. The van der Waals surface area contributed by atoms with Crippen LogP contribution in [0.5, 0.6) is 23.0 Å². The van der Waals surface area contributed by atoms with Gasteiger partial charge in [-0.05, 0) is 105 Å². The highest BCUT2D eigenvalue weighted by atomic mass is 16.5. The lowest BCUT2D eigenvalue weighted by Gasteiger charge is -2.34. The highest BCUT2D eigenvalue weighted by molar-refractivity contribution is 5.86. The van der Waals surface area contributed by atoms with Crippen LogP contribution in [0.4, 0.5) is 11.4 Å². The molecule has 6 aromatic rings. The van der Waals surface area contributed by atoms with E-state index in [0.29, 0.717) is 0 Å². The lowest BCUT2D eigenvalue weighted by Crippen LogP contribution is -2.28. The summed E-state index contributed by atoms with van der Waals surface area (Å²) >= 11 is 0. The monoisotopic (exact) mass is 644 g/mol. The lowest BCUT2D eigenvalue weighted by atomic mass is 9.68. The minimum Gasteiger partial charge on any atom is -0.457 e. The molecular formula is C45H44N2O2. The molecule has 4 nitrogen and oxygen atoms in total. The van der Waals surface area contributed by atoms with Gasteiger partial charge in [0.05, 0.1) is 5.41 Å². The van der Waals surface area contributed by atoms with Gasteiger partial charge in [-0.15, -0.1) is 0 Å². The first kappa shape index (κ1) is 32.1. The van der Waals surface area contributed by atoms with Gasteiger partial charge in [0.15, 0.2) is 0 Å². The zero-order chi connectivity index (χ0) is 34.6. The second-order valence-electron chi connectivity index (χ2n) is 15.1. The van der Waals surface area contributed by atoms with E-state index in [-0.39, 0.29) is 10.8 Å². The van der Waals surface area contributed by atoms with Gasteiger partial charge < -0.3 is 20.9 Å². The van der Waals surface area contributed by atoms with E-state index in [2.05, 4.69) is 139 Å². The van der Waals surface area contributed by atoms with Crippen molar-refractivity contribution in [1.29, 1.82) is 0 Å². The Hall–Kier alpha value is -5.48. The highest BCUT2D eigenvalue weighted by Crippen LogP contribution is 2.56. The number of hydrogen-bond acceptors (Lipinski definition) is 4. The Bertz CT molecular complexity index is 1990. The van der Waals surface area contributed by atoms with Crippen molar-refractivity contribution < 1.29 is 9.47 Å². The Morgan fingerprint density at radius 2 is 0.816 bits per heavy atom. The summed E-state index contributed by atoms with van der Waals surface area (Å²) in [6.45, 7) is 13.0. The topological polar surface area (TPSA) is 70.5 Å². The molecule has 6 aromatic carbocycles. The minimum absolute atomic E-state index is 0.121. The summed E-state index contributed by atoms with van der Waals surface area (Å²) in [7, 11) is 0. The zero-order valence-electron chi connectivity index (χ0n) is 29.2. The number of hydrogen-bond donors (Lipinski definition) is 2. The first-order valence-electron chi connectivity index (χ1n) is 16.9. The van der Waals surface area contributed by atoms with E-state index in [4.69, 9.17) is 20.9 Å². The van der Waals surface area contributed by atoms with Gasteiger partial charge in [0.2, 0.25) is 0 Å². The number of fused-ring (bicyclic) bond motifs is 3. The number of nitrogen functional groups attached to an aromatic ring is 2. The molecule has 4 N–H and O–H groups in total. The summed E-state index contributed by atoms with van der Waals surface area (Å²) in [6.07, 6.45) is 0. The molecule has 0 aliphatic heterocycles. The van der Waals surface area contributed by atoms with Crippen LogP contribution in [0.25, 0.3) is 11.1 Å². The molecule has 0 aromatic heterocycles. The molecule has 0 heterocycles. The first-order valence-corrected chi connectivity index (χ1v) is 16.9. The van der Waals surface area contributed by atoms with Crippen LogP contribution in [0.15, 0.2) is 133 Å². The fraction of sp³-hybridized carbons (Fsp3) is 0.200. The van der Waals surface area contributed by atoms with Crippen molar-refractivity contribution in [1.82, 2.24) is 0 Å². The van der Waals surface area contributed by atoms with Gasteiger partial charge in [0.25, 0.3) is 0 Å². The van der Waals surface area contributed by atoms with Crippen molar-refractivity contribution in [2.75, 3.05) is 11.5 Å². The van der Waals surface area contributed by atoms with Gasteiger partial charge in [-0.25, -0.2) is 0 Å². The van der Waals surface area contributed by atoms with Crippen molar-refractivity contribution in [3.05, 3.63) is 167 Å². The third kappa shape index (κ3) is 5.72. The van der Waals surface area contributed by atoms with E-state index in [9.17, 15) is 0 Å². The molecule has 0 atom stereocenters. The van der Waals surface area contributed by atoms with E-state index in [0.717, 1.165) is 56.6 Å². The number of nitrogens with two attached hydrogens (primary N) is 2. The first-order chi connectivity index (χ1) is 23.4. The van der Waals surface area contributed by atoms with Crippen LogP contribution in [0.2, 0.25) is 0 Å². The normalized spacial score (nSPS) is 13.4. The average Bonchev–Trinajstić information content (AvgIpc) is 3.37. The molecule has 0 amide bonds. The molecule has 1 aliphatic carbocycles. The summed E-state index contributed by atoms with van der Waals surface area (Å²) in [5.74, 6) is 3.17. The third-order valence-corrected chi connectivity index (χ3v) is 9.61. The molecule has 4 heteroatoms. The molecule has 0 unspecified atom stereocenters. The fourth-order valence-electron chi connectivity index (χ4n) is 7.27. The second kappa shape index (κ2) is 11.9. The molecule has 0 fully saturated rings. The van der Waals surface area contributed by atoms with Crippen LogP contribution in [0.1, 0.15) is 74.9 Å². The van der Waals surface area contributed by atoms with Gasteiger partial charge >= 0.3 is 0 Å². The molecule has 0 bridgehead atoms. The smallest absolute Gasteiger partial charge is 0.131 e.